The maximum absolute atomic E-state index is 13.4. The minimum absolute atomic E-state index is 0.141. The van der Waals surface area contributed by atoms with Crippen molar-refractivity contribution in [1.29, 1.82) is 0 Å². The molecule has 0 saturated carbocycles. The minimum Gasteiger partial charge on any atom is -0.326 e. The molecule has 0 spiro atoms. The molecule has 2 aromatic rings. The van der Waals surface area contributed by atoms with Crippen molar-refractivity contribution in [3.63, 3.8) is 0 Å². The van der Waals surface area contributed by atoms with E-state index in [1.54, 1.807) is 0 Å². The number of rotatable bonds is 5. The number of nitrogens with zero attached hydrogens (tertiary/aromatic N) is 1. The molecular formula is C20H22F2N2O3S. The zero-order valence-corrected chi connectivity index (χ0v) is 16.3. The number of aryl methyl sites for hydroxylation is 1. The van der Waals surface area contributed by atoms with Crippen LogP contribution in [0.25, 0.3) is 0 Å². The summed E-state index contributed by atoms with van der Waals surface area (Å²) in [5.74, 6) is -2.74. The summed E-state index contributed by atoms with van der Waals surface area (Å²) >= 11 is 0. The lowest BCUT2D eigenvalue weighted by molar-refractivity contribution is -0.120. The second-order valence-corrected chi connectivity index (χ2v) is 8.74. The fourth-order valence-electron chi connectivity index (χ4n) is 3.26. The van der Waals surface area contributed by atoms with Crippen LogP contribution >= 0.6 is 0 Å². The lowest BCUT2D eigenvalue weighted by Gasteiger charge is -2.30. The van der Waals surface area contributed by atoms with Crippen molar-refractivity contribution >= 4 is 21.6 Å². The lowest BCUT2D eigenvalue weighted by Crippen LogP contribution is -2.41. The Hall–Kier alpha value is -2.32. The van der Waals surface area contributed by atoms with Crippen LogP contribution in [0, 0.1) is 17.6 Å². The number of halogens is 2. The fraction of sp³-hybridized carbons (Fsp3) is 0.350. The van der Waals surface area contributed by atoms with Gasteiger partial charge in [-0.25, -0.2) is 17.2 Å². The first-order chi connectivity index (χ1) is 13.3. The number of hydrogen-bond donors (Lipinski definition) is 1. The van der Waals surface area contributed by atoms with Crippen molar-refractivity contribution in [1.82, 2.24) is 4.31 Å². The van der Waals surface area contributed by atoms with E-state index >= 15 is 0 Å². The van der Waals surface area contributed by atoms with Gasteiger partial charge in [0, 0.05) is 24.7 Å². The Morgan fingerprint density at radius 3 is 2.46 bits per heavy atom. The first-order valence-electron chi connectivity index (χ1n) is 9.16. The van der Waals surface area contributed by atoms with Crippen LogP contribution < -0.4 is 5.32 Å². The topological polar surface area (TPSA) is 66.5 Å². The highest BCUT2D eigenvalue weighted by molar-refractivity contribution is 7.89. The normalized spacial score (nSPS) is 16.1. The summed E-state index contributed by atoms with van der Waals surface area (Å²) in [7, 11) is -3.92. The van der Waals surface area contributed by atoms with Crippen molar-refractivity contribution in [3.8, 4) is 0 Å². The van der Waals surface area contributed by atoms with Crippen LogP contribution in [0.3, 0.4) is 0 Å². The van der Waals surface area contributed by atoms with E-state index in [4.69, 9.17) is 0 Å². The van der Waals surface area contributed by atoms with Crippen LogP contribution in [0.5, 0.6) is 0 Å². The molecule has 1 N–H and O–H groups in total. The van der Waals surface area contributed by atoms with E-state index in [1.807, 2.05) is 31.2 Å². The van der Waals surface area contributed by atoms with E-state index < -0.39 is 21.7 Å². The molecule has 1 saturated heterocycles. The Bertz CT molecular complexity index is 971. The molecule has 1 amide bonds. The van der Waals surface area contributed by atoms with E-state index in [0.717, 1.165) is 29.8 Å². The number of hydrogen-bond acceptors (Lipinski definition) is 3. The van der Waals surface area contributed by atoms with Gasteiger partial charge in [0.15, 0.2) is 11.6 Å². The molecule has 0 atom stereocenters. The van der Waals surface area contributed by atoms with Crippen molar-refractivity contribution in [3.05, 3.63) is 59.7 Å². The van der Waals surface area contributed by atoms with Crippen LogP contribution in [0.1, 0.15) is 25.3 Å². The smallest absolute Gasteiger partial charge is 0.243 e. The SMILES string of the molecule is CCc1cccc(NC(=O)C2CCN(S(=O)(=O)c3ccc(F)c(F)c3)CC2)c1. The summed E-state index contributed by atoms with van der Waals surface area (Å²) in [6, 6.07) is 10.1. The molecule has 1 fully saturated rings. The molecule has 8 heteroatoms. The van der Waals surface area contributed by atoms with Gasteiger partial charge in [0.05, 0.1) is 4.90 Å². The van der Waals surface area contributed by atoms with Gasteiger partial charge in [-0.3, -0.25) is 4.79 Å². The quantitative estimate of drug-likeness (QED) is 0.823. The van der Waals surface area contributed by atoms with Gasteiger partial charge in [0.1, 0.15) is 0 Å². The molecule has 1 aliphatic heterocycles. The third kappa shape index (κ3) is 4.39. The Kier molecular flexibility index (Phi) is 6.10. The van der Waals surface area contributed by atoms with Crippen LogP contribution in [0.2, 0.25) is 0 Å². The Morgan fingerprint density at radius 1 is 1.11 bits per heavy atom. The fourth-order valence-corrected chi connectivity index (χ4v) is 4.74. The molecule has 3 rings (SSSR count). The molecule has 0 unspecified atom stereocenters. The summed E-state index contributed by atoms with van der Waals surface area (Å²) in [5.41, 5.74) is 1.84. The van der Waals surface area contributed by atoms with Crippen LogP contribution in [0.15, 0.2) is 47.4 Å². The second-order valence-electron chi connectivity index (χ2n) is 6.80. The lowest BCUT2D eigenvalue weighted by atomic mass is 9.97. The van der Waals surface area contributed by atoms with E-state index in [0.29, 0.717) is 18.9 Å². The molecule has 1 aliphatic rings. The predicted molar refractivity (Wildman–Crippen MR) is 102 cm³/mol. The maximum Gasteiger partial charge on any atom is 0.243 e. The summed E-state index contributed by atoms with van der Waals surface area (Å²) in [6.07, 6.45) is 1.59. The van der Waals surface area contributed by atoms with Gasteiger partial charge in [-0.05, 0) is 55.2 Å². The van der Waals surface area contributed by atoms with Gasteiger partial charge in [-0.15, -0.1) is 0 Å². The summed E-state index contributed by atoms with van der Waals surface area (Å²) < 4.78 is 52.9. The Labute approximate surface area is 163 Å². The van der Waals surface area contributed by atoms with E-state index in [1.165, 1.54) is 4.31 Å². The number of piperidine rings is 1. The van der Waals surface area contributed by atoms with Crippen LogP contribution in [0.4, 0.5) is 14.5 Å². The van der Waals surface area contributed by atoms with Crippen LogP contribution in [-0.2, 0) is 21.2 Å². The maximum atomic E-state index is 13.4. The molecule has 2 aromatic carbocycles. The molecule has 28 heavy (non-hydrogen) atoms. The van der Waals surface area contributed by atoms with E-state index in [2.05, 4.69) is 5.32 Å². The first kappa shape index (κ1) is 20.4. The second kappa shape index (κ2) is 8.36. The number of carbonyl (C=O) groups excluding carboxylic acids is 1. The number of anilines is 1. The highest BCUT2D eigenvalue weighted by Crippen LogP contribution is 2.26. The molecule has 0 aromatic heterocycles. The van der Waals surface area contributed by atoms with Gasteiger partial charge in [0.25, 0.3) is 0 Å². The molecule has 5 nitrogen and oxygen atoms in total. The van der Waals surface area contributed by atoms with Crippen LogP contribution in [-0.4, -0.2) is 31.7 Å². The summed E-state index contributed by atoms with van der Waals surface area (Å²) in [4.78, 5) is 12.2. The Morgan fingerprint density at radius 2 is 1.82 bits per heavy atom. The zero-order valence-electron chi connectivity index (χ0n) is 15.5. The minimum atomic E-state index is -3.92. The average Bonchev–Trinajstić information content (AvgIpc) is 2.70. The Balaban J connectivity index is 1.63. The van der Waals surface area contributed by atoms with Gasteiger partial charge in [-0.1, -0.05) is 19.1 Å². The van der Waals surface area contributed by atoms with Crippen molar-refractivity contribution in [2.45, 2.75) is 31.1 Å². The third-order valence-electron chi connectivity index (χ3n) is 4.96. The zero-order chi connectivity index (χ0) is 20.3. The highest BCUT2D eigenvalue weighted by Gasteiger charge is 2.32. The number of benzene rings is 2. The van der Waals surface area contributed by atoms with Crippen molar-refractivity contribution < 1.29 is 22.0 Å². The first-order valence-corrected chi connectivity index (χ1v) is 10.6. The molecule has 0 aliphatic carbocycles. The van der Waals surface area contributed by atoms with Gasteiger partial charge >= 0.3 is 0 Å². The van der Waals surface area contributed by atoms with E-state index in [9.17, 15) is 22.0 Å². The highest BCUT2D eigenvalue weighted by atomic mass is 32.2. The molecule has 150 valence electrons. The van der Waals surface area contributed by atoms with Gasteiger partial charge in [0.2, 0.25) is 15.9 Å². The van der Waals surface area contributed by atoms with Gasteiger partial charge < -0.3 is 5.32 Å². The predicted octanol–water partition coefficient (Wildman–Crippen LogP) is 3.57. The third-order valence-corrected chi connectivity index (χ3v) is 6.85. The summed E-state index contributed by atoms with van der Waals surface area (Å²) in [6.45, 7) is 2.33. The molecular weight excluding hydrogens is 386 g/mol. The monoisotopic (exact) mass is 408 g/mol. The standard InChI is InChI=1S/C20H22F2N2O3S/c1-2-14-4-3-5-16(12-14)23-20(25)15-8-10-24(11-9-15)28(26,27)17-6-7-18(21)19(22)13-17/h3-7,12-13,15H,2,8-11H2,1H3,(H,23,25). The molecule has 1 heterocycles. The number of nitrogens with one attached hydrogen (secondary N) is 1. The number of sulfonamides is 1. The molecule has 0 radical (unpaired) electrons. The number of amides is 1. The summed E-state index contributed by atoms with van der Waals surface area (Å²) in [5, 5.41) is 2.89. The van der Waals surface area contributed by atoms with Crippen molar-refractivity contribution in [2.24, 2.45) is 5.92 Å². The largest absolute Gasteiger partial charge is 0.326 e. The average molecular weight is 408 g/mol. The molecule has 0 bridgehead atoms. The van der Waals surface area contributed by atoms with E-state index in [-0.39, 0.29) is 29.8 Å². The van der Waals surface area contributed by atoms with Gasteiger partial charge in [-0.2, -0.15) is 4.31 Å². The van der Waals surface area contributed by atoms with Crippen molar-refractivity contribution in [2.75, 3.05) is 18.4 Å². The number of carbonyl (C=O) groups is 1.